The second-order valence-corrected chi connectivity index (χ2v) is 4.86. The van der Waals surface area contributed by atoms with Gasteiger partial charge in [-0.1, -0.05) is 30.3 Å². The number of nitrogens with one attached hydrogen (secondary N) is 1. The zero-order valence-electron chi connectivity index (χ0n) is 12.7. The molecular formula is C16H26N2O3. The molecule has 3 N–H and O–H groups in total. The van der Waals surface area contributed by atoms with Crippen molar-refractivity contribution in [1.29, 1.82) is 0 Å². The molecule has 0 aliphatic carbocycles. The molecule has 118 valence electrons. The summed E-state index contributed by atoms with van der Waals surface area (Å²) in [5.41, 5.74) is 7.12. The number of hydrogen-bond acceptors (Lipinski definition) is 4. The van der Waals surface area contributed by atoms with Gasteiger partial charge in [-0.25, -0.2) is 0 Å². The Balaban J connectivity index is 2.03. The molecule has 1 rings (SSSR count). The van der Waals surface area contributed by atoms with Gasteiger partial charge in [-0.05, 0) is 18.4 Å². The summed E-state index contributed by atoms with van der Waals surface area (Å²) >= 11 is 0. The molecule has 0 saturated heterocycles. The van der Waals surface area contributed by atoms with E-state index in [9.17, 15) is 4.79 Å². The van der Waals surface area contributed by atoms with Crippen LogP contribution in [0, 0.1) is 0 Å². The quantitative estimate of drug-likeness (QED) is 0.608. The summed E-state index contributed by atoms with van der Waals surface area (Å²) in [4.78, 5) is 11.7. The lowest BCUT2D eigenvalue weighted by molar-refractivity contribution is -0.121. The van der Waals surface area contributed by atoms with Crippen LogP contribution in [0.1, 0.15) is 30.9 Å². The van der Waals surface area contributed by atoms with E-state index < -0.39 is 0 Å². The second kappa shape index (κ2) is 11.3. The minimum Gasteiger partial charge on any atom is -0.382 e. The number of hydrogen-bond donors (Lipinski definition) is 2. The van der Waals surface area contributed by atoms with Crippen molar-refractivity contribution in [3.8, 4) is 0 Å². The molecule has 1 unspecified atom stereocenters. The van der Waals surface area contributed by atoms with E-state index >= 15 is 0 Å². The van der Waals surface area contributed by atoms with Crippen molar-refractivity contribution >= 4 is 5.91 Å². The standard InChI is InChI=1S/C16H26N2O3/c1-20-12-13-21-11-5-10-18-16(19)9-8-15(17)14-6-3-2-4-7-14/h2-4,6-7,15H,5,8-13,17H2,1H3,(H,18,19). The van der Waals surface area contributed by atoms with Gasteiger partial charge in [0, 0.05) is 32.7 Å². The van der Waals surface area contributed by atoms with Crippen LogP contribution in [0.15, 0.2) is 30.3 Å². The smallest absolute Gasteiger partial charge is 0.220 e. The summed E-state index contributed by atoms with van der Waals surface area (Å²) in [5.74, 6) is 0.0401. The molecule has 0 radical (unpaired) electrons. The molecule has 5 heteroatoms. The third kappa shape index (κ3) is 8.45. The van der Waals surface area contributed by atoms with E-state index in [0.717, 1.165) is 12.0 Å². The van der Waals surface area contributed by atoms with Crippen molar-refractivity contribution in [2.45, 2.75) is 25.3 Å². The van der Waals surface area contributed by atoms with Crippen LogP contribution in [0.3, 0.4) is 0 Å². The molecular weight excluding hydrogens is 268 g/mol. The molecule has 0 bridgehead atoms. The highest BCUT2D eigenvalue weighted by atomic mass is 16.5. The first kappa shape index (κ1) is 17.6. The van der Waals surface area contributed by atoms with Crippen LogP contribution in [-0.2, 0) is 14.3 Å². The highest BCUT2D eigenvalue weighted by Gasteiger charge is 2.08. The molecule has 0 aliphatic heterocycles. The minimum absolute atomic E-state index is 0.0401. The van der Waals surface area contributed by atoms with Crippen LogP contribution in [0.2, 0.25) is 0 Å². The van der Waals surface area contributed by atoms with Gasteiger partial charge in [0.15, 0.2) is 0 Å². The monoisotopic (exact) mass is 294 g/mol. The lowest BCUT2D eigenvalue weighted by atomic mass is 10.0. The Kier molecular flexibility index (Phi) is 9.44. The number of nitrogens with two attached hydrogens (primary N) is 1. The molecule has 1 aromatic carbocycles. The molecule has 0 aliphatic rings. The highest BCUT2D eigenvalue weighted by molar-refractivity contribution is 5.75. The number of methoxy groups -OCH3 is 1. The van der Waals surface area contributed by atoms with Gasteiger partial charge < -0.3 is 20.5 Å². The van der Waals surface area contributed by atoms with Gasteiger partial charge in [0.1, 0.15) is 0 Å². The minimum atomic E-state index is -0.0886. The van der Waals surface area contributed by atoms with Gasteiger partial charge in [-0.15, -0.1) is 0 Å². The Labute approximate surface area is 126 Å². The predicted molar refractivity (Wildman–Crippen MR) is 82.9 cm³/mol. The average Bonchev–Trinajstić information content (AvgIpc) is 2.52. The van der Waals surface area contributed by atoms with Gasteiger partial charge in [0.2, 0.25) is 5.91 Å². The SMILES string of the molecule is COCCOCCCNC(=O)CCC(N)c1ccccc1. The molecule has 1 aromatic rings. The number of carbonyl (C=O) groups excluding carboxylic acids is 1. The van der Waals surface area contributed by atoms with Gasteiger partial charge >= 0.3 is 0 Å². The van der Waals surface area contributed by atoms with Crippen LogP contribution < -0.4 is 11.1 Å². The Morgan fingerprint density at radius 3 is 2.71 bits per heavy atom. The maximum Gasteiger partial charge on any atom is 0.220 e. The van der Waals surface area contributed by atoms with Gasteiger partial charge in [0.25, 0.3) is 0 Å². The van der Waals surface area contributed by atoms with Gasteiger partial charge in [-0.2, -0.15) is 0 Å². The summed E-state index contributed by atoms with van der Waals surface area (Å²) in [6.07, 6.45) is 1.90. The Morgan fingerprint density at radius 2 is 2.00 bits per heavy atom. The van der Waals surface area contributed by atoms with Crippen molar-refractivity contribution in [3.05, 3.63) is 35.9 Å². The Bertz CT molecular complexity index is 384. The molecule has 21 heavy (non-hydrogen) atoms. The molecule has 5 nitrogen and oxygen atoms in total. The molecule has 0 aromatic heterocycles. The lowest BCUT2D eigenvalue weighted by Crippen LogP contribution is -2.26. The topological polar surface area (TPSA) is 73.6 Å². The highest BCUT2D eigenvalue weighted by Crippen LogP contribution is 2.14. The number of rotatable bonds is 11. The third-order valence-electron chi connectivity index (χ3n) is 3.13. The molecule has 0 spiro atoms. The number of ether oxygens (including phenoxy) is 2. The summed E-state index contributed by atoms with van der Waals surface area (Å²) in [5, 5.41) is 2.87. The first-order valence-electron chi connectivity index (χ1n) is 7.38. The molecule has 0 saturated carbocycles. The first-order valence-corrected chi connectivity index (χ1v) is 7.38. The van der Waals surface area contributed by atoms with E-state index in [4.69, 9.17) is 15.2 Å². The summed E-state index contributed by atoms with van der Waals surface area (Å²) in [7, 11) is 1.64. The summed E-state index contributed by atoms with van der Waals surface area (Å²) in [6, 6.07) is 9.75. The van der Waals surface area contributed by atoms with E-state index in [-0.39, 0.29) is 11.9 Å². The second-order valence-electron chi connectivity index (χ2n) is 4.86. The van der Waals surface area contributed by atoms with Crippen molar-refractivity contribution in [2.24, 2.45) is 5.73 Å². The van der Waals surface area contributed by atoms with Crippen molar-refractivity contribution in [3.63, 3.8) is 0 Å². The zero-order valence-corrected chi connectivity index (χ0v) is 12.7. The molecule has 1 amide bonds. The Morgan fingerprint density at radius 1 is 1.24 bits per heavy atom. The van der Waals surface area contributed by atoms with Crippen LogP contribution in [0.25, 0.3) is 0 Å². The molecule has 0 heterocycles. The fourth-order valence-corrected chi connectivity index (χ4v) is 1.89. The van der Waals surface area contributed by atoms with Crippen molar-refractivity contribution < 1.29 is 14.3 Å². The molecule has 1 atom stereocenters. The van der Waals surface area contributed by atoms with Crippen LogP contribution in [-0.4, -0.2) is 39.4 Å². The van der Waals surface area contributed by atoms with E-state index in [0.29, 0.717) is 39.2 Å². The normalized spacial score (nSPS) is 12.1. The van der Waals surface area contributed by atoms with E-state index in [1.54, 1.807) is 7.11 Å². The van der Waals surface area contributed by atoms with Crippen LogP contribution in [0.5, 0.6) is 0 Å². The fourth-order valence-electron chi connectivity index (χ4n) is 1.89. The van der Waals surface area contributed by atoms with Crippen LogP contribution >= 0.6 is 0 Å². The van der Waals surface area contributed by atoms with Crippen molar-refractivity contribution in [2.75, 3.05) is 33.5 Å². The Hall–Kier alpha value is -1.43. The maximum atomic E-state index is 11.7. The van der Waals surface area contributed by atoms with E-state index in [1.807, 2.05) is 30.3 Å². The van der Waals surface area contributed by atoms with E-state index in [2.05, 4.69) is 5.32 Å². The van der Waals surface area contributed by atoms with Crippen LogP contribution in [0.4, 0.5) is 0 Å². The van der Waals surface area contributed by atoms with Gasteiger partial charge in [-0.3, -0.25) is 4.79 Å². The first-order chi connectivity index (χ1) is 10.2. The van der Waals surface area contributed by atoms with Gasteiger partial charge in [0.05, 0.1) is 13.2 Å². The molecule has 0 fully saturated rings. The number of benzene rings is 1. The average molecular weight is 294 g/mol. The van der Waals surface area contributed by atoms with Crippen molar-refractivity contribution in [1.82, 2.24) is 5.32 Å². The lowest BCUT2D eigenvalue weighted by Gasteiger charge is -2.12. The fraction of sp³-hybridized carbons (Fsp3) is 0.562. The maximum absolute atomic E-state index is 11.7. The number of amides is 1. The summed E-state index contributed by atoms with van der Waals surface area (Å²) in [6.45, 7) is 2.46. The zero-order chi connectivity index (χ0) is 15.3. The number of carbonyl (C=O) groups is 1. The largest absolute Gasteiger partial charge is 0.382 e. The summed E-state index contributed by atoms with van der Waals surface area (Å²) < 4.78 is 10.2. The predicted octanol–water partition coefficient (Wildman–Crippen LogP) is 1.64. The van der Waals surface area contributed by atoms with E-state index in [1.165, 1.54) is 0 Å². The third-order valence-corrected chi connectivity index (χ3v) is 3.13.